The van der Waals surface area contributed by atoms with Gasteiger partial charge in [0, 0.05) is 12.6 Å². The zero-order valence-corrected chi connectivity index (χ0v) is 14.2. The molecular formula is C19H18N2OS. The highest BCUT2D eigenvalue weighted by Gasteiger charge is 2.03. The average Bonchev–Trinajstić information content (AvgIpc) is 2.88. The first-order valence-corrected chi connectivity index (χ1v) is 8.26. The van der Waals surface area contributed by atoms with Gasteiger partial charge >= 0.3 is 0 Å². The number of aromatic nitrogens is 1. The summed E-state index contributed by atoms with van der Waals surface area (Å²) in [4.78, 5) is 15.7. The molecule has 0 unspecified atom stereocenters. The standard InChI is InChI=1S/C19H18N2OS/c1-12-10-17-18(11-13(12)2)23-19(21-17)9-6-15-4-7-16(8-5-15)20-14(3)22/h4-11H,1-3H3,(H,20,22). The van der Waals surface area contributed by atoms with E-state index in [2.05, 4.69) is 36.3 Å². The average molecular weight is 322 g/mol. The van der Waals surface area contributed by atoms with E-state index < -0.39 is 0 Å². The Morgan fingerprint density at radius 3 is 2.48 bits per heavy atom. The molecule has 0 aliphatic carbocycles. The third-order valence-corrected chi connectivity index (χ3v) is 4.65. The number of nitrogens with zero attached hydrogens (tertiary/aromatic N) is 1. The molecule has 0 fully saturated rings. The summed E-state index contributed by atoms with van der Waals surface area (Å²) in [5.74, 6) is -0.0617. The predicted molar refractivity (Wildman–Crippen MR) is 98.8 cm³/mol. The summed E-state index contributed by atoms with van der Waals surface area (Å²) < 4.78 is 1.22. The molecule has 4 heteroatoms. The maximum absolute atomic E-state index is 11.0. The van der Waals surface area contributed by atoms with Gasteiger partial charge in [0.1, 0.15) is 5.01 Å². The monoisotopic (exact) mass is 322 g/mol. The van der Waals surface area contributed by atoms with E-state index in [1.165, 1.54) is 22.8 Å². The summed E-state index contributed by atoms with van der Waals surface area (Å²) in [5.41, 5.74) is 5.50. The van der Waals surface area contributed by atoms with Crippen molar-refractivity contribution in [2.24, 2.45) is 0 Å². The number of rotatable bonds is 3. The van der Waals surface area contributed by atoms with Gasteiger partial charge in [-0.25, -0.2) is 4.98 Å². The Balaban J connectivity index is 1.80. The first-order chi connectivity index (χ1) is 11.0. The summed E-state index contributed by atoms with van der Waals surface area (Å²) in [5, 5.41) is 3.76. The Kier molecular flexibility index (Phi) is 4.26. The summed E-state index contributed by atoms with van der Waals surface area (Å²) >= 11 is 1.70. The molecule has 23 heavy (non-hydrogen) atoms. The van der Waals surface area contributed by atoms with Crippen LogP contribution < -0.4 is 5.32 Å². The molecule has 0 atom stereocenters. The Labute approximate surface area is 139 Å². The molecule has 1 amide bonds. The van der Waals surface area contributed by atoms with Crippen molar-refractivity contribution in [2.45, 2.75) is 20.8 Å². The Bertz CT molecular complexity index is 853. The van der Waals surface area contributed by atoms with Crippen molar-refractivity contribution in [2.75, 3.05) is 5.32 Å². The lowest BCUT2D eigenvalue weighted by Gasteiger charge is -2.01. The van der Waals surface area contributed by atoms with Gasteiger partial charge in [-0.3, -0.25) is 4.79 Å². The number of carbonyl (C=O) groups excluding carboxylic acids is 1. The molecule has 0 spiro atoms. The van der Waals surface area contributed by atoms with Crippen molar-refractivity contribution in [3.05, 3.63) is 58.1 Å². The van der Waals surface area contributed by atoms with Gasteiger partial charge in [0.2, 0.25) is 5.91 Å². The van der Waals surface area contributed by atoms with Crippen LogP contribution in [0.2, 0.25) is 0 Å². The molecule has 3 nitrogen and oxygen atoms in total. The zero-order chi connectivity index (χ0) is 16.4. The number of anilines is 1. The fourth-order valence-corrected chi connectivity index (χ4v) is 3.27. The van der Waals surface area contributed by atoms with Crippen molar-refractivity contribution in [3.63, 3.8) is 0 Å². The van der Waals surface area contributed by atoms with Crippen LogP contribution in [-0.2, 0) is 4.79 Å². The van der Waals surface area contributed by atoms with Crippen molar-refractivity contribution < 1.29 is 4.79 Å². The van der Waals surface area contributed by atoms with E-state index in [9.17, 15) is 4.79 Å². The summed E-state index contributed by atoms with van der Waals surface area (Å²) in [7, 11) is 0. The molecule has 1 aromatic heterocycles. The minimum Gasteiger partial charge on any atom is -0.326 e. The largest absolute Gasteiger partial charge is 0.326 e. The van der Waals surface area contributed by atoms with Crippen molar-refractivity contribution >= 4 is 45.3 Å². The molecule has 0 aliphatic heterocycles. The summed E-state index contributed by atoms with van der Waals surface area (Å²) in [6, 6.07) is 12.1. The Hall–Kier alpha value is -2.46. The Morgan fingerprint density at radius 2 is 1.78 bits per heavy atom. The maximum atomic E-state index is 11.0. The SMILES string of the molecule is CC(=O)Nc1ccc(C=Cc2nc3cc(C)c(C)cc3s2)cc1. The molecule has 0 saturated heterocycles. The van der Waals surface area contributed by atoms with E-state index in [4.69, 9.17) is 0 Å². The van der Waals surface area contributed by atoms with Crippen LogP contribution in [0, 0.1) is 13.8 Å². The summed E-state index contributed by atoms with van der Waals surface area (Å²) in [6.45, 7) is 5.74. The molecule has 1 heterocycles. The summed E-state index contributed by atoms with van der Waals surface area (Å²) in [6.07, 6.45) is 4.07. The van der Waals surface area contributed by atoms with Gasteiger partial charge in [0.05, 0.1) is 10.2 Å². The number of hydrogen-bond acceptors (Lipinski definition) is 3. The van der Waals surface area contributed by atoms with Crippen LogP contribution in [0.5, 0.6) is 0 Å². The van der Waals surface area contributed by atoms with Gasteiger partial charge in [0.25, 0.3) is 0 Å². The van der Waals surface area contributed by atoms with Crippen LogP contribution in [0.1, 0.15) is 28.6 Å². The zero-order valence-electron chi connectivity index (χ0n) is 13.4. The number of benzene rings is 2. The van der Waals surface area contributed by atoms with Crippen LogP contribution >= 0.6 is 11.3 Å². The normalized spacial score (nSPS) is 11.3. The quantitative estimate of drug-likeness (QED) is 0.734. The van der Waals surface area contributed by atoms with Crippen molar-refractivity contribution in [1.82, 2.24) is 4.98 Å². The van der Waals surface area contributed by atoms with E-state index >= 15 is 0 Å². The van der Waals surface area contributed by atoms with Gasteiger partial charge in [-0.05, 0) is 60.9 Å². The highest BCUT2D eigenvalue weighted by molar-refractivity contribution is 7.19. The van der Waals surface area contributed by atoms with Crippen molar-refractivity contribution in [3.8, 4) is 0 Å². The molecule has 0 bridgehead atoms. The molecular weight excluding hydrogens is 304 g/mol. The lowest BCUT2D eigenvalue weighted by molar-refractivity contribution is -0.114. The van der Waals surface area contributed by atoms with Crippen LogP contribution in [0.4, 0.5) is 5.69 Å². The molecule has 1 N–H and O–H groups in total. The van der Waals surface area contributed by atoms with Crippen LogP contribution in [0.3, 0.4) is 0 Å². The third-order valence-electron chi connectivity index (χ3n) is 3.67. The van der Waals surface area contributed by atoms with Gasteiger partial charge < -0.3 is 5.32 Å². The number of fused-ring (bicyclic) bond motifs is 1. The molecule has 0 radical (unpaired) electrons. The van der Waals surface area contributed by atoms with Gasteiger partial charge in [0.15, 0.2) is 0 Å². The fraction of sp³-hybridized carbons (Fsp3) is 0.158. The number of hydrogen-bond donors (Lipinski definition) is 1. The highest BCUT2D eigenvalue weighted by atomic mass is 32.1. The second-order valence-electron chi connectivity index (χ2n) is 5.59. The fourth-order valence-electron chi connectivity index (χ4n) is 2.32. The maximum Gasteiger partial charge on any atom is 0.221 e. The molecule has 116 valence electrons. The minimum absolute atomic E-state index is 0.0617. The predicted octanol–water partition coefficient (Wildman–Crippen LogP) is 5.04. The lowest BCUT2D eigenvalue weighted by Crippen LogP contribution is -2.05. The Morgan fingerprint density at radius 1 is 1.09 bits per heavy atom. The second kappa shape index (κ2) is 6.34. The second-order valence-corrected chi connectivity index (χ2v) is 6.66. The molecule has 0 saturated carbocycles. The van der Waals surface area contributed by atoms with Crippen molar-refractivity contribution in [1.29, 1.82) is 0 Å². The number of nitrogens with one attached hydrogen (secondary N) is 1. The van der Waals surface area contributed by atoms with Gasteiger partial charge in [-0.15, -0.1) is 11.3 Å². The molecule has 0 aliphatic rings. The van der Waals surface area contributed by atoms with Crippen LogP contribution in [-0.4, -0.2) is 10.9 Å². The molecule has 3 aromatic rings. The number of carbonyl (C=O) groups is 1. The van der Waals surface area contributed by atoms with Gasteiger partial charge in [-0.2, -0.15) is 0 Å². The van der Waals surface area contributed by atoms with E-state index in [1.807, 2.05) is 36.4 Å². The topological polar surface area (TPSA) is 42.0 Å². The van der Waals surface area contributed by atoms with Crippen LogP contribution in [0.25, 0.3) is 22.4 Å². The number of thiazole rings is 1. The van der Waals surface area contributed by atoms with E-state index in [0.717, 1.165) is 21.8 Å². The highest BCUT2D eigenvalue weighted by Crippen LogP contribution is 2.26. The first-order valence-electron chi connectivity index (χ1n) is 7.45. The lowest BCUT2D eigenvalue weighted by atomic mass is 10.1. The molecule has 3 rings (SSSR count). The van der Waals surface area contributed by atoms with E-state index in [0.29, 0.717) is 0 Å². The number of aryl methyl sites for hydroxylation is 2. The minimum atomic E-state index is -0.0617. The third kappa shape index (κ3) is 3.66. The van der Waals surface area contributed by atoms with Gasteiger partial charge in [-0.1, -0.05) is 18.2 Å². The molecule has 2 aromatic carbocycles. The number of amides is 1. The van der Waals surface area contributed by atoms with E-state index in [-0.39, 0.29) is 5.91 Å². The van der Waals surface area contributed by atoms with Crippen LogP contribution in [0.15, 0.2) is 36.4 Å². The first kappa shape index (κ1) is 15.4. The van der Waals surface area contributed by atoms with E-state index in [1.54, 1.807) is 11.3 Å². The smallest absolute Gasteiger partial charge is 0.221 e.